The van der Waals surface area contributed by atoms with Crippen molar-refractivity contribution < 1.29 is 19.2 Å². The standard InChI is InChI=1S/C25H30N2O5/c1-26-15-14-25(17-26,21-16-19(31-2)12-13-22(21)27(29)30)24(28)32-23-11-7-6-10-20(23)18-8-4-3-5-9-18/h3-5,8-9,12-13,16,20,23H,6-7,10-11,14-15,17H2,1-2H3/t20-,23+,25-/m1/s1. The Bertz CT molecular complexity index is 980. The van der Waals surface area contributed by atoms with Crippen LogP contribution in [0.1, 0.15) is 49.1 Å². The summed E-state index contributed by atoms with van der Waals surface area (Å²) >= 11 is 0. The lowest BCUT2D eigenvalue weighted by Crippen LogP contribution is -2.43. The van der Waals surface area contributed by atoms with Crippen molar-refractivity contribution >= 4 is 11.7 Å². The summed E-state index contributed by atoms with van der Waals surface area (Å²) in [7, 11) is 3.44. The summed E-state index contributed by atoms with van der Waals surface area (Å²) in [4.78, 5) is 27.3. The number of hydrogen-bond donors (Lipinski definition) is 0. The molecule has 2 aromatic rings. The Balaban J connectivity index is 1.70. The Labute approximate surface area is 188 Å². The fraction of sp³-hybridized carbons (Fsp3) is 0.480. The lowest BCUT2D eigenvalue weighted by molar-refractivity contribution is -0.386. The number of benzene rings is 2. The summed E-state index contributed by atoms with van der Waals surface area (Å²) in [6.07, 6.45) is 4.12. The van der Waals surface area contributed by atoms with E-state index in [1.807, 2.05) is 30.1 Å². The summed E-state index contributed by atoms with van der Waals surface area (Å²) in [5.74, 6) is 0.267. The quantitative estimate of drug-likeness (QED) is 0.377. The molecule has 0 bridgehead atoms. The van der Waals surface area contributed by atoms with Gasteiger partial charge in [0.1, 0.15) is 17.3 Å². The van der Waals surface area contributed by atoms with E-state index in [9.17, 15) is 14.9 Å². The third-order valence-electron chi connectivity index (χ3n) is 6.96. The molecule has 1 saturated carbocycles. The fourth-order valence-electron chi connectivity index (χ4n) is 5.25. The van der Waals surface area contributed by atoms with E-state index in [-0.39, 0.29) is 23.7 Å². The van der Waals surface area contributed by atoms with Gasteiger partial charge in [0, 0.05) is 18.5 Å². The van der Waals surface area contributed by atoms with Crippen LogP contribution in [0.15, 0.2) is 48.5 Å². The molecule has 0 unspecified atom stereocenters. The SMILES string of the molecule is COc1ccc([N+](=O)[O-])c([C@@]2(C(=O)O[C@H]3CCCC[C@@H]3c3ccccc3)CCN(C)C2)c1. The third-order valence-corrected chi connectivity index (χ3v) is 6.96. The van der Waals surface area contributed by atoms with Gasteiger partial charge in [-0.1, -0.05) is 36.8 Å². The molecule has 2 aliphatic rings. The average Bonchev–Trinajstić information content (AvgIpc) is 3.22. The molecule has 0 aromatic heterocycles. The van der Waals surface area contributed by atoms with E-state index in [1.54, 1.807) is 12.1 Å². The highest BCUT2D eigenvalue weighted by atomic mass is 16.6. The van der Waals surface area contributed by atoms with Crippen molar-refractivity contribution in [2.45, 2.75) is 49.5 Å². The fourth-order valence-corrected chi connectivity index (χ4v) is 5.25. The molecule has 2 fully saturated rings. The molecule has 7 heteroatoms. The predicted molar refractivity (Wildman–Crippen MR) is 121 cm³/mol. The van der Waals surface area contributed by atoms with Crippen molar-refractivity contribution in [3.63, 3.8) is 0 Å². The van der Waals surface area contributed by atoms with E-state index in [2.05, 4.69) is 12.1 Å². The normalized spacial score (nSPS) is 25.9. The molecule has 0 spiro atoms. The van der Waals surface area contributed by atoms with Gasteiger partial charge in [-0.25, -0.2) is 0 Å². The van der Waals surface area contributed by atoms with Crippen molar-refractivity contribution in [3.8, 4) is 5.75 Å². The van der Waals surface area contributed by atoms with Crippen molar-refractivity contribution in [2.75, 3.05) is 27.2 Å². The molecule has 0 amide bonds. The number of nitro benzene ring substituents is 1. The zero-order chi connectivity index (χ0) is 22.7. The topological polar surface area (TPSA) is 81.9 Å². The van der Waals surface area contributed by atoms with Gasteiger partial charge >= 0.3 is 5.97 Å². The number of carbonyl (C=O) groups excluding carboxylic acids is 1. The minimum absolute atomic E-state index is 0.0682. The van der Waals surface area contributed by atoms with Gasteiger partial charge in [-0.05, 0) is 57.0 Å². The molecule has 1 aliphatic heterocycles. The second-order valence-electron chi connectivity index (χ2n) is 8.96. The Morgan fingerprint density at radius 3 is 2.56 bits per heavy atom. The molecule has 32 heavy (non-hydrogen) atoms. The van der Waals surface area contributed by atoms with Crippen LogP contribution in [0.2, 0.25) is 0 Å². The van der Waals surface area contributed by atoms with Crippen LogP contribution >= 0.6 is 0 Å². The lowest BCUT2D eigenvalue weighted by atomic mass is 9.77. The number of methoxy groups -OCH3 is 1. The number of likely N-dealkylation sites (tertiary alicyclic amines) is 1. The van der Waals surface area contributed by atoms with E-state index in [0.29, 0.717) is 30.8 Å². The van der Waals surface area contributed by atoms with Crippen LogP contribution in [0.3, 0.4) is 0 Å². The number of nitro groups is 1. The highest BCUT2D eigenvalue weighted by molar-refractivity contribution is 5.86. The van der Waals surface area contributed by atoms with Gasteiger partial charge in [0.05, 0.1) is 17.6 Å². The van der Waals surface area contributed by atoms with Gasteiger partial charge in [-0.2, -0.15) is 0 Å². The minimum atomic E-state index is -1.09. The van der Waals surface area contributed by atoms with Crippen molar-refractivity contribution in [3.05, 3.63) is 69.8 Å². The molecular weight excluding hydrogens is 408 g/mol. The van der Waals surface area contributed by atoms with Crippen LogP contribution < -0.4 is 4.74 Å². The van der Waals surface area contributed by atoms with Gasteiger partial charge in [-0.15, -0.1) is 0 Å². The summed E-state index contributed by atoms with van der Waals surface area (Å²) in [5, 5.41) is 11.9. The van der Waals surface area contributed by atoms with Crippen LogP contribution in [-0.2, 0) is 14.9 Å². The zero-order valence-electron chi connectivity index (χ0n) is 18.7. The van der Waals surface area contributed by atoms with Gasteiger partial charge in [0.25, 0.3) is 5.69 Å². The summed E-state index contributed by atoms with van der Waals surface area (Å²) in [5.41, 5.74) is 0.393. The Hall–Kier alpha value is -2.93. The van der Waals surface area contributed by atoms with E-state index < -0.39 is 10.3 Å². The first kappa shape index (κ1) is 22.3. The second-order valence-corrected chi connectivity index (χ2v) is 8.96. The largest absolute Gasteiger partial charge is 0.497 e. The molecule has 0 radical (unpaired) electrons. The Kier molecular flexibility index (Phi) is 6.46. The van der Waals surface area contributed by atoms with Gasteiger partial charge in [0.15, 0.2) is 0 Å². The maximum atomic E-state index is 13.8. The van der Waals surface area contributed by atoms with Crippen molar-refractivity contribution in [1.29, 1.82) is 0 Å². The number of ether oxygens (including phenoxy) is 2. The van der Waals surface area contributed by atoms with Crippen LogP contribution in [-0.4, -0.2) is 49.1 Å². The first-order valence-corrected chi connectivity index (χ1v) is 11.2. The number of nitrogens with zero attached hydrogens (tertiary/aromatic N) is 2. The van der Waals surface area contributed by atoms with E-state index in [0.717, 1.165) is 25.7 Å². The zero-order valence-corrected chi connectivity index (χ0v) is 18.7. The molecule has 3 atom stereocenters. The van der Waals surface area contributed by atoms with Crippen LogP contribution in [0, 0.1) is 10.1 Å². The van der Waals surface area contributed by atoms with Gasteiger partial charge < -0.3 is 14.4 Å². The molecule has 1 saturated heterocycles. The summed E-state index contributed by atoms with van der Waals surface area (Å²) in [6, 6.07) is 14.8. The van der Waals surface area contributed by atoms with E-state index >= 15 is 0 Å². The highest BCUT2D eigenvalue weighted by Crippen LogP contribution is 2.43. The molecule has 1 heterocycles. The number of esters is 1. The monoisotopic (exact) mass is 438 g/mol. The molecule has 7 nitrogen and oxygen atoms in total. The third kappa shape index (κ3) is 4.21. The molecule has 170 valence electrons. The van der Waals surface area contributed by atoms with E-state index in [4.69, 9.17) is 9.47 Å². The van der Waals surface area contributed by atoms with Gasteiger partial charge in [-0.3, -0.25) is 14.9 Å². The molecule has 4 rings (SSSR count). The van der Waals surface area contributed by atoms with Crippen molar-refractivity contribution in [2.24, 2.45) is 0 Å². The predicted octanol–water partition coefficient (Wildman–Crippen LogP) is 4.45. The number of likely N-dealkylation sites (N-methyl/N-ethyl adjacent to an activating group) is 1. The molecule has 2 aromatic carbocycles. The van der Waals surface area contributed by atoms with Gasteiger partial charge in [0.2, 0.25) is 0 Å². The maximum absolute atomic E-state index is 13.8. The van der Waals surface area contributed by atoms with E-state index in [1.165, 1.54) is 18.7 Å². The molecule has 0 N–H and O–H groups in total. The minimum Gasteiger partial charge on any atom is -0.497 e. The average molecular weight is 439 g/mol. The first-order chi connectivity index (χ1) is 15.4. The van der Waals surface area contributed by atoms with Crippen LogP contribution in [0.25, 0.3) is 0 Å². The number of carbonyl (C=O) groups is 1. The molecular formula is C25H30N2O5. The Morgan fingerprint density at radius 1 is 1.16 bits per heavy atom. The maximum Gasteiger partial charge on any atom is 0.318 e. The number of rotatable bonds is 6. The summed E-state index contributed by atoms with van der Waals surface area (Å²) < 4.78 is 11.6. The van der Waals surface area contributed by atoms with Crippen LogP contribution in [0.5, 0.6) is 5.75 Å². The summed E-state index contributed by atoms with van der Waals surface area (Å²) in [6.45, 7) is 1.04. The van der Waals surface area contributed by atoms with Crippen molar-refractivity contribution in [1.82, 2.24) is 4.90 Å². The highest BCUT2D eigenvalue weighted by Gasteiger charge is 2.51. The smallest absolute Gasteiger partial charge is 0.318 e. The lowest BCUT2D eigenvalue weighted by Gasteiger charge is -2.35. The second kappa shape index (κ2) is 9.28. The first-order valence-electron chi connectivity index (χ1n) is 11.2. The Morgan fingerprint density at radius 2 is 1.91 bits per heavy atom. The van der Waals surface area contributed by atoms with Crippen LogP contribution in [0.4, 0.5) is 5.69 Å². The number of hydrogen-bond acceptors (Lipinski definition) is 6. The molecule has 1 aliphatic carbocycles.